The highest BCUT2D eigenvalue weighted by atomic mass is 35.5. The maximum absolute atomic E-state index is 9.23. The number of aliphatic hydroxyl groups is 1. The van der Waals surface area contributed by atoms with Crippen molar-refractivity contribution in [3.05, 3.63) is 0 Å². The van der Waals surface area contributed by atoms with Crippen LogP contribution < -0.4 is 0 Å². The molecule has 0 saturated heterocycles. The maximum Gasteiger partial charge on any atom is 0.0934 e. The molecular weight excluding hydrogens is 164 g/mol. The molecule has 0 saturated carbocycles. The van der Waals surface area contributed by atoms with Crippen molar-refractivity contribution < 1.29 is 9.84 Å². The zero-order valence-electron chi connectivity index (χ0n) is 7.60. The monoisotopic (exact) mass is 180 g/mol. The van der Waals surface area contributed by atoms with Gasteiger partial charge in [0.15, 0.2) is 0 Å². The molecule has 0 aromatic heterocycles. The summed E-state index contributed by atoms with van der Waals surface area (Å²) in [4.78, 5) is 0. The van der Waals surface area contributed by atoms with E-state index in [1.807, 2.05) is 20.8 Å². The van der Waals surface area contributed by atoms with Gasteiger partial charge in [0.2, 0.25) is 0 Å². The molecule has 2 atom stereocenters. The normalized spacial score (nSPS) is 18.0. The van der Waals surface area contributed by atoms with Crippen LogP contribution >= 0.6 is 11.6 Å². The third-order valence-electron chi connectivity index (χ3n) is 1.22. The molecule has 0 fully saturated rings. The fourth-order valence-electron chi connectivity index (χ4n) is 0.468. The molecule has 11 heavy (non-hydrogen) atoms. The minimum Gasteiger partial charge on any atom is -0.389 e. The number of hydrogen-bond donors (Lipinski definition) is 1. The van der Waals surface area contributed by atoms with Crippen molar-refractivity contribution in [1.29, 1.82) is 0 Å². The lowest BCUT2D eigenvalue weighted by Crippen LogP contribution is -2.30. The Morgan fingerprint density at radius 2 is 1.91 bits per heavy atom. The zero-order valence-corrected chi connectivity index (χ0v) is 8.35. The molecule has 3 heteroatoms. The molecular formula is C8H17ClO2. The number of halogens is 1. The fourth-order valence-corrected chi connectivity index (χ4v) is 0.541. The van der Waals surface area contributed by atoms with Crippen LogP contribution in [0.1, 0.15) is 27.7 Å². The number of aliphatic hydroxyl groups excluding tert-OH is 1. The molecule has 0 heterocycles. The van der Waals surface area contributed by atoms with Crippen molar-refractivity contribution in [2.75, 3.05) is 6.61 Å². The Labute approximate surface area is 73.5 Å². The average molecular weight is 181 g/mol. The van der Waals surface area contributed by atoms with Crippen LogP contribution in [0.15, 0.2) is 0 Å². The molecule has 2 nitrogen and oxygen atoms in total. The van der Waals surface area contributed by atoms with Gasteiger partial charge in [-0.2, -0.15) is 0 Å². The summed E-state index contributed by atoms with van der Waals surface area (Å²) in [5, 5.41) is 8.98. The molecule has 68 valence electrons. The summed E-state index contributed by atoms with van der Waals surface area (Å²) in [6.45, 7) is 7.88. The molecule has 0 aromatic rings. The summed E-state index contributed by atoms with van der Waals surface area (Å²) in [5.41, 5.74) is -0.202. The second-order valence-electron chi connectivity index (χ2n) is 3.67. The predicted molar refractivity (Wildman–Crippen MR) is 47.0 cm³/mol. The van der Waals surface area contributed by atoms with Gasteiger partial charge in [-0.05, 0) is 27.7 Å². The third-order valence-corrected chi connectivity index (χ3v) is 1.51. The SMILES string of the molecule is CC(Cl)C(O)COC(C)(C)C. The van der Waals surface area contributed by atoms with E-state index < -0.39 is 6.10 Å². The van der Waals surface area contributed by atoms with Crippen LogP contribution in [0.3, 0.4) is 0 Å². The van der Waals surface area contributed by atoms with E-state index in [2.05, 4.69) is 0 Å². The Bertz CT molecular complexity index is 107. The van der Waals surface area contributed by atoms with Crippen molar-refractivity contribution in [2.45, 2.75) is 44.8 Å². The lowest BCUT2D eigenvalue weighted by Gasteiger charge is -2.22. The minimum absolute atomic E-state index is 0.202. The summed E-state index contributed by atoms with van der Waals surface area (Å²) < 4.78 is 5.32. The van der Waals surface area contributed by atoms with Gasteiger partial charge in [0.1, 0.15) is 0 Å². The van der Waals surface area contributed by atoms with Crippen molar-refractivity contribution >= 4 is 11.6 Å². The molecule has 0 spiro atoms. The van der Waals surface area contributed by atoms with Gasteiger partial charge >= 0.3 is 0 Å². The van der Waals surface area contributed by atoms with E-state index in [0.29, 0.717) is 6.61 Å². The van der Waals surface area contributed by atoms with Gasteiger partial charge in [0, 0.05) is 0 Å². The van der Waals surface area contributed by atoms with E-state index in [0.717, 1.165) is 0 Å². The Morgan fingerprint density at radius 1 is 1.45 bits per heavy atom. The molecule has 0 bridgehead atoms. The molecule has 1 N–H and O–H groups in total. The van der Waals surface area contributed by atoms with Crippen LogP contribution in [-0.2, 0) is 4.74 Å². The van der Waals surface area contributed by atoms with Crippen LogP contribution in [0.5, 0.6) is 0 Å². The van der Waals surface area contributed by atoms with E-state index >= 15 is 0 Å². The largest absolute Gasteiger partial charge is 0.389 e. The van der Waals surface area contributed by atoms with Gasteiger partial charge in [0.05, 0.1) is 23.7 Å². The summed E-state index contributed by atoms with van der Waals surface area (Å²) in [6, 6.07) is 0. The third kappa shape index (κ3) is 6.60. The van der Waals surface area contributed by atoms with Crippen LogP contribution in [0.4, 0.5) is 0 Å². The molecule has 0 radical (unpaired) electrons. The highest BCUT2D eigenvalue weighted by Crippen LogP contribution is 2.09. The van der Waals surface area contributed by atoms with Gasteiger partial charge in [-0.1, -0.05) is 0 Å². The molecule has 0 amide bonds. The summed E-state index contributed by atoms with van der Waals surface area (Å²) in [5.74, 6) is 0. The predicted octanol–water partition coefficient (Wildman–Crippen LogP) is 1.79. The first-order valence-electron chi connectivity index (χ1n) is 3.79. The number of alkyl halides is 1. The van der Waals surface area contributed by atoms with Crippen LogP contribution in [0, 0.1) is 0 Å². The standard InChI is InChI=1S/C8H17ClO2/c1-6(9)7(10)5-11-8(2,3)4/h6-7,10H,5H2,1-4H3. The molecule has 0 aromatic carbocycles. The second kappa shape index (κ2) is 4.29. The van der Waals surface area contributed by atoms with E-state index in [4.69, 9.17) is 16.3 Å². The smallest absolute Gasteiger partial charge is 0.0934 e. The highest BCUT2D eigenvalue weighted by molar-refractivity contribution is 6.20. The van der Waals surface area contributed by atoms with Gasteiger partial charge in [-0.25, -0.2) is 0 Å². The van der Waals surface area contributed by atoms with Crippen molar-refractivity contribution in [2.24, 2.45) is 0 Å². The Balaban J connectivity index is 3.54. The summed E-state index contributed by atoms with van der Waals surface area (Å²) in [7, 11) is 0. The lowest BCUT2D eigenvalue weighted by atomic mass is 10.2. The highest BCUT2D eigenvalue weighted by Gasteiger charge is 2.16. The first-order chi connectivity index (χ1) is 4.83. The number of hydrogen-bond acceptors (Lipinski definition) is 2. The lowest BCUT2D eigenvalue weighted by molar-refractivity contribution is -0.0482. The van der Waals surface area contributed by atoms with Crippen molar-refractivity contribution in [3.8, 4) is 0 Å². The van der Waals surface area contributed by atoms with E-state index in [1.165, 1.54) is 0 Å². The molecule has 2 unspecified atom stereocenters. The van der Waals surface area contributed by atoms with Crippen LogP contribution in [-0.4, -0.2) is 28.8 Å². The van der Waals surface area contributed by atoms with Crippen LogP contribution in [0.2, 0.25) is 0 Å². The van der Waals surface area contributed by atoms with Gasteiger partial charge in [-0.3, -0.25) is 0 Å². The topological polar surface area (TPSA) is 29.5 Å². The van der Waals surface area contributed by atoms with Crippen LogP contribution in [0.25, 0.3) is 0 Å². The average Bonchev–Trinajstić information content (AvgIpc) is 1.80. The van der Waals surface area contributed by atoms with Gasteiger partial charge in [0.25, 0.3) is 0 Å². The van der Waals surface area contributed by atoms with E-state index in [-0.39, 0.29) is 11.0 Å². The zero-order chi connectivity index (χ0) is 9.07. The second-order valence-corrected chi connectivity index (χ2v) is 4.36. The Kier molecular flexibility index (Phi) is 4.37. The Morgan fingerprint density at radius 3 is 2.18 bits per heavy atom. The van der Waals surface area contributed by atoms with Crippen molar-refractivity contribution in [1.82, 2.24) is 0 Å². The van der Waals surface area contributed by atoms with E-state index in [9.17, 15) is 5.11 Å². The fraction of sp³-hybridized carbons (Fsp3) is 1.00. The molecule has 0 aliphatic carbocycles. The number of ether oxygens (including phenoxy) is 1. The minimum atomic E-state index is -0.573. The summed E-state index contributed by atoms with van der Waals surface area (Å²) >= 11 is 5.63. The number of rotatable bonds is 3. The van der Waals surface area contributed by atoms with Crippen molar-refractivity contribution in [3.63, 3.8) is 0 Å². The van der Waals surface area contributed by atoms with Gasteiger partial charge in [-0.15, -0.1) is 11.6 Å². The quantitative estimate of drug-likeness (QED) is 0.672. The Hall–Kier alpha value is 0.210. The first-order valence-corrected chi connectivity index (χ1v) is 4.22. The molecule has 0 rings (SSSR count). The maximum atomic E-state index is 9.23. The van der Waals surface area contributed by atoms with Gasteiger partial charge < -0.3 is 9.84 Å². The first kappa shape index (κ1) is 11.2. The summed E-state index contributed by atoms with van der Waals surface area (Å²) in [6.07, 6.45) is -0.573. The molecule has 0 aliphatic heterocycles. The molecule has 0 aliphatic rings. The van der Waals surface area contributed by atoms with E-state index in [1.54, 1.807) is 6.92 Å².